The van der Waals surface area contributed by atoms with Gasteiger partial charge in [-0.3, -0.25) is 9.59 Å². The van der Waals surface area contributed by atoms with E-state index in [0.29, 0.717) is 12.2 Å². The molecule has 0 aromatic carbocycles. The molecule has 8 nitrogen and oxygen atoms in total. The fourth-order valence-electron chi connectivity index (χ4n) is 1.38. The lowest BCUT2D eigenvalue weighted by molar-refractivity contribution is -0.671. The lowest BCUT2D eigenvalue weighted by Crippen LogP contribution is -2.23. The van der Waals surface area contributed by atoms with Gasteiger partial charge in [-0.05, 0) is 26.0 Å². The molecule has 8 heteroatoms. The summed E-state index contributed by atoms with van der Waals surface area (Å²) in [7, 11) is 4.04. The van der Waals surface area contributed by atoms with Crippen LogP contribution in [0, 0.1) is 0 Å². The normalized spacial score (nSPS) is 7.82. The summed E-state index contributed by atoms with van der Waals surface area (Å²) in [6.07, 6.45) is 13.3. The van der Waals surface area contributed by atoms with Gasteiger partial charge in [-0.15, -0.1) is 0 Å². The van der Waals surface area contributed by atoms with Crippen molar-refractivity contribution in [1.82, 2.24) is 9.13 Å². The van der Waals surface area contributed by atoms with Crippen LogP contribution in [0.5, 0.6) is 0 Å². The second kappa shape index (κ2) is 14.6. The van der Waals surface area contributed by atoms with Gasteiger partial charge in [0.05, 0.1) is 27.2 Å². The van der Waals surface area contributed by atoms with Crippen molar-refractivity contribution in [3.05, 3.63) is 48.3 Å². The first-order valence-electron chi connectivity index (χ1n) is 6.53. The third-order valence-electron chi connectivity index (χ3n) is 2.38. The van der Waals surface area contributed by atoms with Crippen LogP contribution in [0.4, 0.5) is 0 Å². The van der Waals surface area contributed by atoms with Gasteiger partial charge in [-0.1, -0.05) is 0 Å². The molecule has 0 unspecified atom stereocenters. The summed E-state index contributed by atoms with van der Waals surface area (Å²) < 4.78 is 8.31. The Morgan fingerprint density at radius 3 is 1.23 bits per heavy atom. The van der Waals surface area contributed by atoms with Crippen LogP contribution in [0.25, 0.3) is 10.8 Å². The van der Waals surface area contributed by atoms with E-state index in [1.54, 1.807) is 0 Å². The maximum absolute atomic E-state index is 8.24. The number of rotatable bonds is 2. The summed E-state index contributed by atoms with van der Waals surface area (Å²) in [6, 6.07) is 0. The van der Waals surface area contributed by atoms with Crippen LogP contribution in [-0.4, -0.2) is 21.3 Å². The Morgan fingerprint density at radius 2 is 1.14 bits per heavy atom. The highest BCUT2D eigenvalue weighted by atomic mass is 16.1. The molecule has 0 saturated heterocycles. The second-order valence-electron chi connectivity index (χ2n) is 4.00. The number of isocyanates is 2. The average Bonchev–Trinajstić information content (AvgIpc) is 3.09. The van der Waals surface area contributed by atoms with E-state index in [1.165, 1.54) is 0 Å². The Kier molecular flexibility index (Phi) is 14.2. The minimum atomic E-state index is 0.500. The van der Waals surface area contributed by atoms with E-state index in [0.717, 1.165) is 13.1 Å². The Morgan fingerprint density at radius 1 is 0.864 bits per heavy atom. The number of imidazole rings is 2. The lowest BCUT2D eigenvalue weighted by atomic mass is 10.7. The molecule has 120 valence electrons. The predicted molar refractivity (Wildman–Crippen MR) is 80.7 cm³/mol. The molecule has 0 fully saturated rings. The Hall–Kier alpha value is -2.82. The van der Waals surface area contributed by atoms with E-state index in [-0.39, 0.29) is 0 Å². The Balaban J connectivity index is 0. The molecule has 22 heavy (non-hydrogen) atoms. The molecule has 2 aromatic rings. The van der Waals surface area contributed by atoms with E-state index in [4.69, 9.17) is 20.4 Å². The van der Waals surface area contributed by atoms with E-state index < -0.39 is 0 Å². The van der Waals surface area contributed by atoms with Crippen LogP contribution >= 0.6 is 0 Å². The highest BCUT2D eigenvalue weighted by Gasteiger charge is 1.92. The summed E-state index contributed by atoms with van der Waals surface area (Å²) >= 11 is 0. The molecule has 0 radical (unpaired) electrons. The molecular formula is C14H22N6O2. The smallest absolute Gasteiger partial charge is 0.243 e. The third-order valence-corrected chi connectivity index (χ3v) is 2.38. The Bertz CT molecular complexity index is 523. The molecule has 0 N–H and O–H groups in total. The van der Waals surface area contributed by atoms with Crippen molar-refractivity contribution < 1.29 is 18.7 Å². The van der Waals surface area contributed by atoms with Gasteiger partial charge in [0.2, 0.25) is 12.7 Å². The monoisotopic (exact) mass is 306 g/mol. The van der Waals surface area contributed by atoms with Gasteiger partial charge in [0, 0.05) is 0 Å². The van der Waals surface area contributed by atoms with Crippen molar-refractivity contribution in [3.8, 4) is 0 Å². The number of hydrogen-bond acceptors (Lipinski definition) is 2. The molecular weight excluding hydrogens is 284 g/mol. The zero-order valence-electron chi connectivity index (χ0n) is 13.4. The van der Waals surface area contributed by atoms with Crippen LogP contribution in [0.15, 0.2) is 37.4 Å². The summed E-state index contributed by atoms with van der Waals surface area (Å²) in [5.41, 5.74) is 0. The number of hydrogen-bond donors (Lipinski definition) is 0. The minimum absolute atomic E-state index is 0.500. The molecule has 0 spiro atoms. The molecule has 0 saturated carbocycles. The van der Waals surface area contributed by atoms with Gasteiger partial charge >= 0.3 is 0 Å². The van der Waals surface area contributed by atoms with Gasteiger partial charge in [-0.2, -0.15) is 0 Å². The van der Waals surface area contributed by atoms with Crippen LogP contribution in [-0.2, 0) is 36.8 Å². The zero-order chi connectivity index (χ0) is 17.4. The first-order chi connectivity index (χ1) is 10.5. The maximum Gasteiger partial charge on any atom is 0.243 e. The first kappa shape index (κ1) is 21.5. The summed E-state index contributed by atoms with van der Waals surface area (Å²) in [6.45, 7) is 6.36. The summed E-state index contributed by atoms with van der Waals surface area (Å²) in [5.74, 6) is 0. The lowest BCUT2D eigenvalue weighted by Gasteiger charge is -1.81. The number of carbonyl (C=O) groups excluding carboxylic acids is 2. The van der Waals surface area contributed by atoms with Gasteiger partial charge in [-0.25, -0.2) is 18.3 Å². The highest BCUT2D eigenvalue weighted by molar-refractivity contribution is 5.37. The molecule has 0 aliphatic heterocycles. The van der Waals surface area contributed by atoms with Crippen molar-refractivity contribution >= 4 is 12.2 Å². The van der Waals surface area contributed by atoms with Crippen molar-refractivity contribution in [1.29, 1.82) is 0 Å². The fraction of sp³-hybridized carbons (Fsp3) is 0.429. The van der Waals surface area contributed by atoms with E-state index >= 15 is 0 Å². The molecule has 0 atom stereocenters. The summed E-state index contributed by atoms with van der Waals surface area (Å²) in [4.78, 5) is 16.5. The largest absolute Gasteiger partial charge is 0.724 e. The van der Waals surface area contributed by atoms with Gasteiger partial charge < -0.3 is 10.8 Å². The standard InChI is InChI=1S/2C6H11N2.2CNO/c2*1-3-8-5-4-7(2)6-8;2*2-1-3/h2*4-6H,3H2,1-2H3;;/q2*+1;2*-1. The van der Waals surface area contributed by atoms with Crippen LogP contribution in [0.1, 0.15) is 13.8 Å². The molecule has 0 amide bonds. The molecule has 2 rings (SSSR count). The maximum atomic E-state index is 8.24. The second-order valence-corrected chi connectivity index (χ2v) is 4.00. The van der Waals surface area contributed by atoms with Gasteiger partial charge in [0.25, 0.3) is 0 Å². The van der Waals surface area contributed by atoms with Crippen molar-refractivity contribution in [3.63, 3.8) is 0 Å². The topological polar surface area (TPSA) is 96.4 Å². The number of aromatic nitrogens is 4. The first-order valence-corrected chi connectivity index (χ1v) is 6.53. The highest BCUT2D eigenvalue weighted by Crippen LogP contribution is 1.79. The molecule has 2 aromatic heterocycles. The van der Waals surface area contributed by atoms with Crippen LogP contribution in [0.3, 0.4) is 0 Å². The molecule has 2 heterocycles. The molecule has 0 aliphatic carbocycles. The van der Waals surface area contributed by atoms with Crippen molar-refractivity contribution in [2.24, 2.45) is 14.1 Å². The Labute approximate surface area is 130 Å². The number of aryl methyl sites for hydroxylation is 4. The fourth-order valence-corrected chi connectivity index (χ4v) is 1.38. The van der Waals surface area contributed by atoms with Crippen LogP contribution in [0.2, 0.25) is 0 Å². The predicted octanol–water partition coefficient (Wildman–Crippen LogP) is 0.448. The van der Waals surface area contributed by atoms with Gasteiger partial charge in [0.15, 0.2) is 0 Å². The molecule has 0 bridgehead atoms. The average molecular weight is 306 g/mol. The van der Waals surface area contributed by atoms with E-state index in [2.05, 4.69) is 48.0 Å². The third kappa shape index (κ3) is 12.2. The van der Waals surface area contributed by atoms with Gasteiger partial charge in [0.1, 0.15) is 24.8 Å². The van der Waals surface area contributed by atoms with Crippen molar-refractivity contribution in [2.75, 3.05) is 0 Å². The van der Waals surface area contributed by atoms with E-state index in [9.17, 15) is 0 Å². The molecule has 0 aliphatic rings. The van der Waals surface area contributed by atoms with Crippen molar-refractivity contribution in [2.45, 2.75) is 26.9 Å². The number of nitrogens with zero attached hydrogens (tertiary/aromatic N) is 6. The van der Waals surface area contributed by atoms with E-state index in [1.807, 2.05) is 35.6 Å². The van der Waals surface area contributed by atoms with Crippen LogP contribution < -0.4 is 9.13 Å². The zero-order valence-corrected chi connectivity index (χ0v) is 13.4. The summed E-state index contributed by atoms with van der Waals surface area (Å²) in [5, 5.41) is 13.5. The minimum Gasteiger partial charge on any atom is -0.724 e. The SMILES string of the molecule is CCn1cc[n+](C)c1.CCn1cc[n+](C)c1.[N-]=C=O.[N-]=C=O. The quantitative estimate of drug-likeness (QED) is 0.457.